The number of hydrogen-bond acceptors (Lipinski definition) is 4. The molecule has 2 N–H and O–H groups in total. The molecule has 0 radical (unpaired) electrons. The summed E-state index contributed by atoms with van der Waals surface area (Å²) < 4.78 is 29.9. The van der Waals surface area contributed by atoms with Gasteiger partial charge in [-0.25, -0.2) is 0 Å². The second-order valence-electron chi connectivity index (χ2n) is 6.69. The van der Waals surface area contributed by atoms with Gasteiger partial charge in [-0.1, -0.05) is 20.3 Å². The number of likely N-dealkylation sites (N-methyl/N-ethyl adjacent to an activating group) is 1. The molecule has 2 unspecified atom stereocenters. The van der Waals surface area contributed by atoms with E-state index in [0.717, 1.165) is 45.3 Å². The predicted octanol–water partition coefficient (Wildman–Crippen LogP) is 0.377. The molecule has 0 amide bonds. The minimum Gasteiger partial charge on any atom is -0.313 e. The van der Waals surface area contributed by atoms with Crippen molar-refractivity contribution in [3.8, 4) is 0 Å². The Balaban J connectivity index is 1.97. The zero-order chi connectivity index (χ0) is 15.5. The molecule has 124 valence electrons. The molecule has 2 rings (SSSR count). The SMILES string of the molecule is CC(C)NCC1CCCCN1S(=O)(=O)NC1CCN(C)C1. The van der Waals surface area contributed by atoms with Crippen LogP contribution in [0.4, 0.5) is 0 Å². The molecule has 6 nitrogen and oxygen atoms in total. The summed E-state index contributed by atoms with van der Waals surface area (Å²) in [5.41, 5.74) is 0. The molecule has 2 heterocycles. The highest BCUT2D eigenvalue weighted by Gasteiger charge is 2.34. The van der Waals surface area contributed by atoms with E-state index < -0.39 is 10.2 Å². The first-order chi connectivity index (χ1) is 9.88. The standard InChI is InChI=1S/C14H30N4O2S/c1-12(2)15-10-14-6-4-5-8-18(14)21(19,20)16-13-7-9-17(3)11-13/h12-16H,4-11H2,1-3H3. The van der Waals surface area contributed by atoms with Gasteiger partial charge in [0.1, 0.15) is 0 Å². The van der Waals surface area contributed by atoms with Gasteiger partial charge in [0.2, 0.25) is 0 Å². The Morgan fingerprint density at radius 2 is 1.95 bits per heavy atom. The summed E-state index contributed by atoms with van der Waals surface area (Å²) in [5, 5.41) is 3.38. The van der Waals surface area contributed by atoms with Crippen molar-refractivity contribution in [3.63, 3.8) is 0 Å². The molecule has 0 aliphatic carbocycles. The maximum Gasteiger partial charge on any atom is 0.280 e. The molecule has 0 saturated carbocycles. The van der Waals surface area contributed by atoms with Crippen molar-refractivity contribution in [1.82, 2.24) is 19.2 Å². The van der Waals surface area contributed by atoms with Crippen LogP contribution in [0.25, 0.3) is 0 Å². The highest BCUT2D eigenvalue weighted by atomic mass is 32.2. The van der Waals surface area contributed by atoms with E-state index in [2.05, 4.69) is 28.8 Å². The van der Waals surface area contributed by atoms with Gasteiger partial charge in [0.15, 0.2) is 0 Å². The Morgan fingerprint density at radius 3 is 2.57 bits per heavy atom. The van der Waals surface area contributed by atoms with Crippen LogP contribution in [0, 0.1) is 0 Å². The fourth-order valence-corrected chi connectivity index (χ4v) is 4.87. The van der Waals surface area contributed by atoms with Crippen molar-refractivity contribution < 1.29 is 8.42 Å². The van der Waals surface area contributed by atoms with Crippen molar-refractivity contribution in [2.75, 3.05) is 33.2 Å². The normalized spacial score (nSPS) is 29.3. The second-order valence-corrected chi connectivity index (χ2v) is 8.35. The van der Waals surface area contributed by atoms with Crippen LogP contribution in [-0.2, 0) is 10.2 Å². The minimum atomic E-state index is -3.37. The quantitative estimate of drug-likeness (QED) is 0.743. The van der Waals surface area contributed by atoms with Gasteiger partial charge in [-0.15, -0.1) is 0 Å². The van der Waals surface area contributed by atoms with Crippen LogP contribution in [0.3, 0.4) is 0 Å². The fraction of sp³-hybridized carbons (Fsp3) is 1.00. The summed E-state index contributed by atoms with van der Waals surface area (Å²) in [5.74, 6) is 0. The average Bonchev–Trinajstić information content (AvgIpc) is 2.81. The fourth-order valence-electron chi connectivity index (χ4n) is 3.18. The summed E-state index contributed by atoms with van der Waals surface area (Å²) in [6, 6.07) is 0.520. The van der Waals surface area contributed by atoms with Crippen molar-refractivity contribution in [2.45, 2.75) is 57.7 Å². The van der Waals surface area contributed by atoms with E-state index in [9.17, 15) is 8.42 Å². The first kappa shape index (κ1) is 17.1. The van der Waals surface area contributed by atoms with Crippen molar-refractivity contribution in [1.29, 1.82) is 0 Å². The Labute approximate surface area is 129 Å². The van der Waals surface area contributed by atoms with Crippen LogP contribution in [-0.4, -0.2) is 69.0 Å². The summed E-state index contributed by atoms with van der Waals surface area (Å²) in [4.78, 5) is 2.17. The molecule has 0 aromatic rings. The molecular formula is C14H30N4O2S. The van der Waals surface area contributed by atoms with Gasteiger partial charge < -0.3 is 10.2 Å². The molecule has 0 aromatic carbocycles. The third-order valence-electron chi connectivity index (χ3n) is 4.35. The van der Waals surface area contributed by atoms with E-state index in [-0.39, 0.29) is 12.1 Å². The smallest absolute Gasteiger partial charge is 0.280 e. The molecule has 2 saturated heterocycles. The number of likely N-dealkylation sites (tertiary alicyclic amines) is 1. The van der Waals surface area contributed by atoms with Crippen LogP contribution in [0.15, 0.2) is 0 Å². The Morgan fingerprint density at radius 1 is 1.19 bits per heavy atom. The maximum atomic E-state index is 12.7. The monoisotopic (exact) mass is 318 g/mol. The van der Waals surface area contributed by atoms with Gasteiger partial charge in [0, 0.05) is 37.8 Å². The van der Waals surface area contributed by atoms with Gasteiger partial charge in [-0.2, -0.15) is 17.4 Å². The molecule has 0 spiro atoms. The number of rotatable bonds is 6. The van der Waals surface area contributed by atoms with Crippen LogP contribution >= 0.6 is 0 Å². The van der Waals surface area contributed by atoms with E-state index >= 15 is 0 Å². The summed E-state index contributed by atoms with van der Waals surface area (Å²) >= 11 is 0. The lowest BCUT2D eigenvalue weighted by molar-refractivity contribution is 0.238. The van der Waals surface area contributed by atoms with Gasteiger partial charge in [-0.3, -0.25) is 0 Å². The van der Waals surface area contributed by atoms with Gasteiger partial charge in [0.05, 0.1) is 0 Å². The van der Waals surface area contributed by atoms with E-state index in [1.54, 1.807) is 4.31 Å². The lowest BCUT2D eigenvalue weighted by Crippen LogP contribution is -2.54. The van der Waals surface area contributed by atoms with Crippen molar-refractivity contribution >= 4 is 10.2 Å². The summed E-state index contributed by atoms with van der Waals surface area (Å²) in [7, 11) is -1.34. The van der Waals surface area contributed by atoms with E-state index in [1.165, 1.54) is 0 Å². The molecule has 0 bridgehead atoms. The largest absolute Gasteiger partial charge is 0.313 e. The van der Waals surface area contributed by atoms with Crippen molar-refractivity contribution in [3.05, 3.63) is 0 Å². The average molecular weight is 318 g/mol. The van der Waals surface area contributed by atoms with Crippen LogP contribution in [0.1, 0.15) is 39.5 Å². The van der Waals surface area contributed by atoms with E-state index in [1.807, 2.05) is 7.05 Å². The summed E-state index contributed by atoms with van der Waals surface area (Å²) in [6.45, 7) is 7.33. The zero-order valence-electron chi connectivity index (χ0n) is 13.5. The number of nitrogens with zero attached hydrogens (tertiary/aromatic N) is 2. The zero-order valence-corrected chi connectivity index (χ0v) is 14.3. The Hall–Kier alpha value is -0.210. The number of nitrogens with one attached hydrogen (secondary N) is 2. The molecule has 2 fully saturated rings. The highest BCUT2D eigenvalue weighted by Crippen LogP contribution is 2.20. The molecule has 7 heteroatoms. The molecule has 2 atom stereocenters. The minimum absolute atomic E-state index is 0.0561. The second kappa shape index (κ2) is 7.37. The first-order valence-corrected chi connectivity index (χ1v) is 9.53. The summed E-state index contributed by atoms with van der Waals surface area (Å²) in [6.07, 6.45) is 3.93. The molecular weight excluding hydrogens is 288 g/mol. The lowest BCUT2D eigenvalue weighted by atomic mass is 10.0. The topological polar surface area (TPSA) is 64.7 Å². The van der Waals surface area contributed by atoms with Crippen LogP contribution in [0.5, 0.6) is 0 Å². The molecule has 2 aliphatic rings. The third-order valence-corrected chi connectivity index (χ3v) is 6.08. The van der Waals surface area contributed by atoms with Gasteiger partial charge in [-0.05, 0) is 32.9 Å². The molecule has 2 aliphatic heterocycles. The van der Waals surface area contributed by atoms with Gasteiger partial charge in [0.25, 0.3) is 10.2 Å². The van der Waals surface area contributed by atoms with E-state index in [4.69, 9.17) is 0 Å². The van der Waals surface area contributed by atoms with E-state index in [0.29, 0.717) is 12.6 Å². The third kappa shape index (κ3) is 4.89. The highest BCUT2D eigenvalue weighted by molar-refractivity contribution is 7.87. The lowest BCUT2D eigenvalue weighted by Gasteiger charge is -2.35. The first-order valence-electron chi connectivity index (χ1n) is 8.09. The molecule has 21 heavy (non-hydrogen) atoms. The Bertz CT molecular complexity index is 427. The maximum absolute atomic E-state index is 12.7. The molecule has 0 aromatic heterocycles. The van der Waals surface area contributed by atoms with Crippen molar-refractivity contribution in [2.24, 2.45) is 0 Å². The van der Waals surface area contributed by atoms with Crippen LogP contribution < -0.4 is 10.0 Å². The predicted molar refractivity (Wildman–Crippen MR) is 85.4 cm³/mol. The van der Waals surface area contributed by atoms with Gasteiger partial charge >= 0.3 is 0 Å². The number of piperidine rings is 1. The van der Waals surface area contributed by atoms with Crippen LogP contribution in [0.2, 0.25) is 0 Å². The Kier molecular flexibility index (Phi) is 6.02. The number of hydrogen-bond donors (Lipinski definition) is 2.